The lowest BCUT2D eigenvalue weighted by Crippen LogP contribution is -2.31. The van der Waals surface area contributed by atoms with Crippen LogP contribution >= 0.6 is 11.6 Å². The third kappa shape index (κ3) is 4.72. The van der Waals surface area contributed by atoms with Crippen LogP contribution in [-0.4, -0.2) is 32.3 Å². The molecule has 1 N–H and O–H groups in total. The van der Waals surface area contributed by atoms with E-state index in [9.17, 15) is 13.2 Å². The molecule has 0 saturated carbocycles. The Hall–Kier alpha value is -1.27. The Kier molecular flexibility index (Phi) is 5.20. The first-order valence-electron chi connectivity index (χ1n) is 5.67. The summed E-state index contributed by atoms with van der Waals surface area (Å²) in [6, 6.07) is 4.91. The number of aliphatic carboxylic acids is 1. The van der Waals surface area contributed by atoms with Crippen LogP contribution in [0.3, 0.4) is 0 Å². The summed E-state index contributed by atoms with van der Waals surface area (Å²) in [5.74, 6) is -0.944. The van der Waals surface area contributed by atoms with Crippen LogP contribution in [0.5, 0.6) is 0 Å². The number of halogens is 1. The summed E-state index contributed by atoms with van der Waals surface area (Å²) in [6.07, 6.45) is 1.28. The van der Waals surface area contributed by atoms with Crippen LogP contribution in [0.15, 0.2) is 18.2 Å². The van der Waals surface area contributed by atoms with Crippen LogP contribution in [0.2, 0.25) is 5.02 Å². The molecule has 0 atom stereocenters. The Morgan fingerprint density at radius 2 is 2.05 bits per heavy atom. The van der Waals surface area contributed by atoms with Gasteiger partial charge in [-0.1, -0.05) is 11.6 Å². The van der Waals surface area contributed by atoms with Crippen LogP contribution in [0.4, 0.5) is 5.69 Å². The van der Waals surface area contributed by atoms with Crippen LogP contribution in [0.25, 0.3) is 0 Å². The average Bonchev–Trinajstić information content (AvgIpc) is 2.26. The Morgan fingerprint density at radius 3 is 2.53 bits per heavy atom. The second-order valence-corrected chi connectivity index (χ2v) is 6.58. The van der Waals surface area contributed by atoms with Crippen molar-refractivity contribution in [1.82, 2.24) is 0 Å². The Labute approximate surface area is 117 Å². The summed E-state index contributed by atoms with van der Waals surface area (Å²) in [5.41, 5.74) is 1.26. The fraction of sp³-hybridized carbons (Fsp3) is 0.417. The van der Waals surface area contributed by atoms with Gasteiger partial charge in [0.15, 0.2) is 0 Å². The molecule has 1 aromatic carbocycles. The molecule has 0 radical (unpaired) electrons. The fourth-order valence-electron chi connectivity index (χ4n) is 1.64. The second-order valence-electron chi connectivity index (χ2n) is 4.27. The van der Waals surface area contributed by atoms with Crippen molar-refractivity contribution in [3.05, 3.63) is 28.8 Å². The van der Waals surface area contributed by atoms with Gasteiger partial charge in [0, 0.05) is 18.0 Å². The number of carbonyl (C=O) groups is 1. The van der Waals surface area contributed by atoms with Crippen molar-refractivity contribution in [2.75, 3.05) is 17.1 Å². The highest BCUT2D eigenvalue weighted by Crippen LogP contribution is 2.24. The highest BCUT2D eigenvalue weighted by molar-refractivity contribution is 7.92. The minimum Gasteiger partial charge on any atom is -0.481 e. The maximum absolute atomic E-state index is 11.7. The first kappa shape index (κ1) is 15.8. The molecule has 1 rings (SSSR count). The van der Waals surface area contributed by atoms with Crippen LogP contribution < -0.4 is 4.31 Å². The van der Waals surface area contributed by atoms with Crippen LogP contribution in [0.1, 0.15) is 18.4 Å². The monoisotopic (exact) mass is 305 g/mol. The number of rotatable bonds is 6. The number of aryl methyl sites for hydroxylation is 1. The minimum atomic E-state index is -3.45. The summed E-state index contributed by atoms with van der Waals surface area (Å²) in [6.45, 7) is 1.91. The standard InChI is InChI=1S/C12H16ClNO4S/c1-9-8-10(5-6-11(9)13)14(19(2,17)18)7-3-4-12(15)16/h5-6,8H,3-4,7H2,1-2H3,(H,15,16). The molecule has 0 aliphatic heterocycles. The number of sulfonamides is 1. The van der Waals surface area contributed by atoms with Gasteiger partial charge < -0.3 is 5.11 Å². The molecule has 106 valence electrons. The molecule has 0 amide bonds. The Bertz CT molecular complexity index is 571. The SMILES string of the molecule is Cc1cc(N(CCCC(=O)O)S(C)(=O)=O)ccc1Cl. The first-order valence-corrected chi connectivity index (χ1v) is 7.90. The van der Waals surface area contributed by atoms with Crippen molar-refractivity contribution < 1.29 is 18.3 Å². The van der Waals surface area contributed by atoms with Crippen LogP contribution in [0, 0.1) is 6.92 Å². The zero-order valence-electron chi connectivity index (χ0n) is 10.8. The maximum atomic E-state index is 11.7. The summed E-state index contributed by atoms with van der Waals surface area (Å²) < 4.78 is 24.7. The van der Waals surface area contributed by atoms with Crippen molar-refractivity contribution in [2.24, 2.45) is 0 Å². The van der Waals surface area contributed by atoms with Gasteiger partial charge in [0.05, 0.1) is 11.9 Å². The van der Waals surface area contributed by atoms with Crippen molar-refractivity contribution in [1.29, 1.82) is 0 Å². The molecule has 7 heteroatoms. The van der Waals surface area contributed by atoms with E-state index >= 15 is 0 Å². The number of hydrogen-bond donors (Lipinski definition) is 1. The van der Waals surface area contributed by atoms with Gasteiger partial charge in [-0.05, 0) is 37.1 Å². The summed E-state index contributed by atoms with van der Waals surface area (Å²) in [7, 11) is -3.45. The molecule has 0 unspecified atom stereocenters. The summed E-state index contributed by atoms with van der Waals surface area (Å²) in [5, 5.41) is 9.15. The van der Waals surface area contributed by atoms with Gasteiger partial charge in [0.25, 0.3) is 0 Å². The number of benzene rings is 1. The molecule has 0 heterocycles. The van der Waals surface area contributed by atoms with E-state index in [1.165, 1.54) is 4.31 Å². The number of carboxylic acids is 1. The molecule has 0 aliphatic rings. The van der Waals surface area contributed by atoms with E-state index in [-0.39, 0.29) is 19.4 Å². The highest BCUT2D eigenvalue weighted by Gasteiger charge is 2.18. The predicted octanol–water partition coefficient (Wildman–Crippen LogP) is 2.28. The Balaban J connectivity index is 2.97. The van der Waals surface area contributed by atoms with Gasteiger partial charge in [0.1, 0.15) is 0 Å². The van der Waals surface area contributed by atoms with Gasteiger partial charge in [-0.15, -0.1) is 0 Å². The van der Waals surface area contributed by atoms with Gasteiger partial charge >= 0.3 is 5.97 Å². The molecule has 5 nitrogen and oxygen atoms in total. The zero-order chi connectivity index (χ0) is 14.6. The molecule has 0 aromatic heterocycles. The zero-order valence-corrected chi connectivity index (χ0v) is 12.3. The summed E-state index contributed by atoms with van der Waals surface area (Å²) in [4.78, 5) is 10.5. The van der Waals surface area contributed by atoms with Gasteiger partial charge in [-0.25, -0.2) is 8.42 Å². The fourth-order valence-corrected chi connectivity index (χ4v) is 2.72. The van der Waals surface area contributed by atoms with E-state index in [4.69, 9.17) is 16.7 Å². The van der Waals surface area contributed by atoms with Crippen molar-refractivity contribution in [3.63, 3.8) is 0 Å². The third-order valence-electron chi connectivity index (χ3n) is 2.58. The lowest BCUT2D eigenvalue weighted by atomic mass is 10.2. The summed E-state index contributed by atoms with van der Waals surface area (Å²) >= 11 is 5.90. The second kappa shape index (κ2) is 6.25. The van der Waals surface area contributed by atoms with Gasteiger partial charge in [-0.2, -0.15) is 0 Å². The maximum Gasteiger partial charge on any atom is 0.303 e. The number of hydrogen-bond acceptors (Lipinski definition) is 3. The number of anilines is 1. The van der Waals surface area contributed by atoms with E-state index < -0.39 is 16.0 Å². The average molecular weight is 306 g/mol. The van der Waals surface area contributed by atoms with Crippen molar-refractivity contribution in [2.45, 2.75) is 19.8 Å². The molecular formula is C12H16ClNO4S. The Morgan fingerprint density at radius 1 is 1.42 bits per heavy atom. The van der Waals surface area contributed by atoms with E-state index in [2.05, 4.69) is 0 Å². The molecule has 19 heavy (non-hydrogen) atoms. The molecule has 0 saturated heterocycles. The molecule has 1 aromatic rings. The predicted molar refractivity (Wildman–Crippen MR) is 75.2 cm³/mol. The molecule has 0 aliphatic carbocycles. The van der Waals surface area contributed by atoms with E-state index in [0.717, 1.165) is 11.8 Å². The van der Waals surface area contributed by atoms with E-state index in [1.807, 2.05) is 0 Å². The van der Waals surface area contributed by atoms with Crippen molar-refractivity contribution >= 4 is 33.3 Å². The van der Waals surface area contributed by atoms with Gasteiger partial charge in [-0.3, -0.25) is 9.10 Å². The molecule has 0 spiro atoms. The lowest BCUT2D eigenvalue weighted by Gasteiger charge is -2.22. The van der Waals surface area contributed by atoms with E-state index in [1.54, 1.807) is 25.1 Å². The normalized spacial score (nSPS) is 11.3. The van der Waals surface area contributed by atoms with Crippen molar-refractivity contribution in [3.8, 4) is 0 Å². The largest absolute Gasteiger partial charge is 0.481 e. The number of nitrogens with zero attached hydrogens (tertiary/aromatic N) is 1. The van der Waals surface area contributed by atoms with Gasteiger partial charge in [0.2, 0.25) is 10.0 Å². The first-order chi connectivity index (χ1) is 8.71. The molecular weight excluding hydrogens is 290 g/mol. The molecule has 0 fully saturated rings. The van der Waals surface area contributed by atoms with E-state index in [0.29, 0.717) is 10.7 Å². The lowest BCUT2D eigenvalue weighted by molar-refractivity contribution is -0.137. The van der Waals surface area contributed by atoms with Crippen LogP contribution in [-0.2, 0) is 14.8 Å². The number of carboxylic acid groups (broad SMARTS) is 1. The quantitative estimate of drug-likeness (QED) is 0.875. The molecule has 0 bridgehead atoms. The highest BCUT2D eigenvalue weighted by atomic mass is 35.5. The third-order valence-corrected chi connectivity index (χ3v) is 4.20. The minimum absolute atomic E-state index is 0.0708. The smallest absolute Gasteiger partial charge is 0.303 e. The topological polar surface area (TPSA) is 74.7 Å².